The van der Waals surface area contributed by atoms with Gasteiger partial charge in [-0.05, 0) is 18.2 Å². The molecule has 7 nitrogen and oxygen atoms in total. The van der Waals surface area contributed by atoms with Crippen LogP contribution in [0.2, 0.25) is 5.02 Å². The van der Waals surface area contributed by atoms with Crippen LogP contribution in [0.25, 0.3) is 0 Å². The van der Waals surface area contributed by atoms with Gasteiger partial charge in [0, 0.05) is 32.4 Å². The van der Waals surface area contributed by atoms with Crippen molar-refractivity contribution >= 4 is 29.2 Å². The quantitative estimate of drug-likeness (QED) is 0.246. The summed E-state index contributed by atoms with van der Waals surface area (Å²) in [6, 6.07) is 3.75. The molecule has 1 saturated heterocycles. The van der Waals surface area contributed by atoms with Crippen LogP contribution in [0.1, 0.15) is 21.5 Å². The third-order valence-electron chi connectivity index (χ3n) is 4.58. The van der Waals surface area contributed by atoms with E-state index in [0.29, 0.717) is 11.9 Å². The van der Waals surface area contributed by atoms with E-state index >= 15 is 0 Å². The first-order chi connectivity index (χ1) is 14.1. The third-order valence-corrected chi connectivity index (χ3v) is 4.86. The molecule has 2 aromatic rings. The average molecular weight is 447 g/mol. The van der Waals surface area contributed by atoms with Gasteiger partial charge in [-0.3, -0.25) is 0 Å². The van der Waals surface area contributed by atoms with Crippen molar-refractivity contribution < 1.29 is 32.7 Å². The number of piperazine rings is 1. The number of anilines is 1. The second-order valence-corrected chi connectivity index (χ2v) is 6.80. The molecule has 1 aromatic carbocycles. The molecular weight excluding hydrogens is 432 g/mol. The minimum absolute atomic E-state index is 0.0867. The van der Waals surface area contributed by atoms with Gasteiger partial charge in [-0.1, -0.05) is 22.8 Å². The van der Waals surface area contributed by atoms with Crippen molar-refractivity contribution in [2.24, 2.45) is 5.16 Å². The maximum atomic E-state index is 14.3. The standard InChI is InChI=1S/C18H15ClF4N4O3/c19-12-8-10(17(28)29)9-24-15(12)26-4-6-27(7-5-26)16(25-30)14-11(18(21,22)23)2-1-3-13(14)20/h1-3,8-9,30H,4-7H2,(H,28,29). The Morgan fingerprint density at radius 2 is 1.87 bits per heavy atom. The zero-order valence-electron chi connectivity index (χ0n) is 15.2. The summed E-state index contributed by atoms with van der Waals surface area (Å²) in [6.45, 7) is 0.607. The number of carboxylic acid groups (broad SMARTS) is 1. The molecule has 0 spiro atoms. The van der Waals surface area contributed by atoms with Crippen LogP contribution in [0.5, 0.6) is 0 Å². The number of hydrogen-bond donors (Lipinski definition) is 2. The van der Waals surface area contributed by atoms with Gasteiger partial charge in [0.1, 0.15) is 11.6 Å². The van der Waals surface area contributed by atoms with Gasteiger partial charge in [0.05, 0.1) is 21.7 Å². The highest BCUT2D eigenvalue weighted by atomic mass is 35.5. The van der Waals surface area contributed by atoms with Crippen LogP contribution in [0, 0.1) is 5.82 Å². The number of amidine groups is 1. The first kappa shape index (κ1) is 21.6. The molecule has 30 heavy (non-hydrogen) atoms. The Balaban J connectivity index is 1.82. The molecule has 0 unspecified atom stereocenters. The maximum Gasteiger partial charge on any atom is 0.417 e. The Bertz CT molecular complexity index is 992. The average Bonchev–Trinajstić information content (AvgIpc) is 2.69. The number of hydrogen-bond acceptors (Lipinski definition) is 5. The number of pyridine rings is 1. The first-order valence-electron chi connectivity index (χ1n) is 8.60. The molecular formula is C18H15ClF4N4O3. The van der Waals surface area contributed by atoms with E-state index in [2.05, 4.69) is 10.1 Å². The Morgan fingerprint density at radius 1 is 1.20 bits per heavy atom. The molecule has 1 aliphatic rings. The minimum atomic E-state index is -4.83. The van der Waals surface area contributed by atoms with E-state index < -0.39 is 34.9 Å². The molecule has 3 rings (SSSR count). The van der Waals surface area contributed by atoms with Crippen LogP contribution >= 0.6 is 11.6 Å². The lowest BCUT2D eigenvalue weighted by Crippen LogP contribution is -2.50. The molecule has 12 heteroatoms. The molecule has 1 fully saturated rings. The van der Waals surface area contributed by atoms with E-state index in [1.165, 1.54) is 11.0 Å². The smallest absolute Gasteiger partial charge is 0.417 e. The Morgan fingerprint density at radius 3 is 2.40 bits per heavy atom. The van der Waals surface area contributed by atoms with Crippen molar-refractivity contribution in [1.29, 1.82) is 0 Å². The molecule has 0 atom stereocenters. The number of nitrogens with zero attached hydrogens (tertiary/aromatic N) is 4. The molecule has 0 aliphatic carbocycles. The molecule has 2 heterocycles. The van der Waals surface area contributed by atoms with Gasteiger partial charge >= 0.3 is 12.1 Å². The zero-order chi connectivity index (χ0) is 22.1. The summed E-state index contributed by atoms with van der Waals surface area (Å²) < 4.78 is 54.2. The van der Waals surface area contributed by atoms with Crippen molar-refractivity contribution in [2.45, 2.75) is 6.18 Å². The van der Waals surface area contributed by atoms with Crippen LogP contribution < -0.4 is 4.90 Å². The highest BCUT2D eigenvalue weighted by Gasteiger charge is 2.38. The van der Waals surface area contributed by atoms with Crippen LogP contribution in [0.3, 0.4) is 0 Å². The summed E-state index contributed by atoms with van der Waals surface area (Å²) in [7, 11) is 0. The van der Waals surface area contributed by atoms with Crippen molar-refractivity contribution in [3.8, 4) is 0 Å². The number of carbonyl (C=O) groups is 1. The summed E-state index contributed by atoms with van der Waals surface area (Å²) in [5.41, 5.74) is -2.16. The predicted molar refractivity (Wildman–Crippen MR) is 99.7 cm³/mol. The van der Waals surface area contributed by atoms with Crippen molar-refractivity contribution in [3.63, 3.8) is 0 Å². The largest absolute Gasteiger partial charge is 0.478 e. The van der Waals surface area contributed by atoms with E-state index in [4.69, 9.17) is 16.7 Å². The number of aromatic nitrogens is 1. The van der Waals surface area contributed by atoms with E-state index in [9.17, 15) is 27.6 Å². The molecule has 0 amide bonds. The summed E-state index contributed by atoms with van der Waals surface area (Å²) in [4.78, 5) is 18.0. The molecule has 0 saturated carbocycles. The van der Waals surface area contributed by atoms with Crippen molar-refractivity contribution in [2.75, 3.05) is 31.1 Å². The van der Waals surface area contributed by atoms with Crippen LogP contribution in [0.4, 0.5) is 23.4 Å². The number of oxime groups is 1. The normalized spacial score (nSPS) is 15.4. The van der Waals surface area contributed by atoms with E-state index in [0.717, 1.165) is 18.3 Å². The second-order valence-electron chi connectivity index (χ2n) is 6.39. The van der Waals surface area contributed by atoms with Gasteiger partial charge in [0.2, 0.25) is 0 Å². The lowest BCUT2D eigenvalue weighted by molar-refractivity contribution is -0.138. The Hall–Kier alpha value is -3.08. The van der Waals surface area contributed by atoms with Crippen LogP contribution in [-0.4, -0.2) is 58.2 Å². The lowest BCUT2D eigenvalue weighted by Gasteiger charge is -2.37. The van der Waals surface area contributed by atoms with Crippen molar-refractivity contribution in [1.82, 2.24) is 9.88 Å². The third kappa shape index (κ3) is 4.25. The second kappa shape index (κ2) is 8.34. The van der Waals surface area contributed by atoms with Crippen LogP contribution in [0.15, 0.2) is 35.6 Å². The minimum Gasteiger partial charge on any atom is -0.478 e. The summed E-state index contributed by atoms with van der Waals surface area (Å²) in [5.74, 6) is -2.56. The maximum absolute atomic E-state index is 14.3. The monoisotopic (exact) mass is 446 g/mol. The lowest BCUT2D eigenvalue weighted by atomic mass is 10.0. The summed E-state index contributed by atoms with van der Waals surface area (Å²) in [6.07, 6.45) is -3.69. The SMILES string of the molecule is O=C(O)c1cnc(N2CCN(C(=NO)c3c(F)cccc3C(F)(F)F)CC2)c(Cl)c1. The van der Waals surface area contributed by atoms with Gasteiger partial charge in [-0.25, -0.2) is 14.2 Å². The molecule has 1 aliphatic heterocycles. The predicted octanol–water partition coefficient (Wildman–Crippen LogP) is 3.55. The fourth-order valence-corrected chi connectivity index (χ4v) is 3.46. The highest BCUT2D eigenvalue weighted by molar-refractivity contribution is 6.33. The molecule has 0 radical (unpaired) electrons. The number of benzene rings is 1. The number of carboxylic acids is 1. The fraction of sp³-hybridized carbons (Fsp3) is 0.278. The van der Waals surface area contributed by atoms with Gasteiger partial charge in [-0.2, -0.15) is 13.2 Å². The topological polar surface area (TPSA) is 89.3 Å². The number of alkyl halides is 3. The Labute approximate surface area is 172 Å². The van der Waals surface area contributed by atoms with E-state index in [1.54, 1.807) is 4.90 Å². The molecule has 2 N–H and O–H groups in total. The van der Waals surface area contributed by atoms with Gasteiger partial charge < -0.3 is 20.1 Å². The summed E-state index contributed by atoms with van der Waals surface area (Å²) in [5, 5.41) is 21.4. The zero-order valence-corrected chi connectivity index (χ0v) is 16.0. The molecule has 160 valence electrons. The van der Waals surface area contributed by atoms with Gasteiger partial charge in [0.25, 0.3) is 0 Å². The molecule has 1 aromatic heterocycles. The Kier molecular flexibility index (Phi) is 6.01. The van der Waals surface area contributed by atoms with E-state index in [1.807, 2.05) is 0 Å². The van der Waals surface area contributed by atoms with Gasteiger partial charge in [0.15, 0.2) is 5.84 Å². The number of halogens is 5. The van der Waals surface area contributed by atoms with Crippen molar-refractivity contribution in [3.05, 3.63) is 58.0 Å². The van der Waals surface area contributed by atoms with E-state index in [-0.39, 0.29) is 36.8 Å². The van der Waals surface area contributed by atoms with Crippen LogP contribution in [-0.2, 0) is 6.18 Å². The number of rotatable bonds is 3. The van der Waals surface area contributed by atoms with Gasteiger partial charge in [-0.15, -0.1) is 0 Å². The molecule has 0 bridgehead atoms. The highest BCUT2D eigenvalue weighted by Crippen LogP contribution is 2.34. The fourth-order valence-electron chi connectivity index (χ4n) is 3.17. The number of aromatic carboxylic acids is 1. The first-order valence-corrected chi connectivity index (χ1v) is 8.98. The summed E-state index contributed by atoms with van der Waals surface area (Å²) >= 11 is 6.10.